The van der Waals surface area contributed by atoms with Crippen LogP contribution in [0.2, 0.25) is 0 Å². The normalized spacial score (nSPS) is 17.3. The number of methoxy groups -OCH3 is 1. The summed E-state index contributed by atoms with van der Waals surface area (Å²) in [4.78, 5) is 29.7. The molecule has 1 amide bonds. The highest BCUT2D eigenvalue weighted by Gasteiger charge is 2.32. The molecule has 1 fully saturated rings. The average Bonchev–Trinajstić information content (AvgIpc) is 2.95. The summed E-state index contributed by atoms with van der Waals surface area (Å²) in [7, 11) is 1.68. The number of para-hydroxylation sites is 1. The summed E-state index contributed by atoms with van der Waals surface area (Å²) in [6.45, 7) is 14.8. The van der Waals surface area contributed by atoms with Gasteiger partial charge < -0.3 is 14.5 Å². The van der Waals surface area contributed by atoms with Gasteiger partial charge in [0, 0.05) is 66.1 Å². The van der Waals surface area contributed by atoms with Crippen molar-refractivity contribution >= 4 is 28.3 Å². The van der Waals surface area contributed by atoms with E-state index in [4.69, 9.17) is 21.3 Å². The Bertz CT molecular complexity index is 1500. The number of fused-ring (bicyclic) bond motifs is 1. The van der Waals surface area contributed by atoms with Gasteiger partial charge in [-0.25, -0.2) is 9.83 Å². The molecule has 0 N–H and O–H groups in total. The smallest absolute Gasteiger partial charge is 0.222 e. The summed E-state index contributed by atoms with van der Waals surface area (Å²) in [5.41, 5.74) is 5.24. The quantitative estimate of drug-likeness (QED) is 0.295. The maximum Gasteiger partial charge on any atom is 0.222 e. The maximum atomic E-state index is 12.4. The minimum absolute atomic E-state index is 0.129. The van der Waals surface area contributed by atoms with Gasteiger partial charge in [-0.15, -0.1) is 0 Å². The van der Waals surface area contributed by atoms with E-state index in [-0.39, 0.29) is 18.0 Å². The van der Waals surface area contributed by atoms with Crippen molar-refractivity contribution in [3.8, 4) is 28.0 Å². The molecule has 0 radical (unpaired) electrons. The topological polar surface area (TPSA) is 62.9 Å². The molecule has 2 aromatic heterocycles. The SMILES string of the molecule is [C-]#[N+]c1ccc(-c2cccc3c(OC)c(-c4ccc(N5C[C@@H](C)N(C(=O)CC)[C@@H](C)C5)nc4)cnc23)cc1. The molecule has 0 aliphatic carbocycles. The third-order valence-corrected chi connectivity index (χ3v) is 7.25. The molecule has 5 rings (SSSR count). The van der Waals surface area contributed by atoms with Crippen LogP contribution in [0, 0.1) is 6.57 Å². The minimum atomic E-state index is 0.129. The lowest BCUT2D eigenvalue weighted by atomic mass is 9.99. The van der Waals surface area contributed by atoms with Gasteiger partial charge in [0.15, 0.2) is 5.69 Å². The van der Waals surface area contributed by atoms with Crippen LogP contribution in [0.5, 0.6) is 5.75 Å². The molecule has 7 nitrogen and oxygen atoms in total. The number of amides is 1. The molecule has 0 bridgehead atoms. The van der Waals surface area contributed by atoms with Crippen LogP contribution in [-0.2, 0) is 4.79 Å². The molecular formula is C31H31N5O2. The monoisotopic (exact) mass is 505 g/mol. The van der Waals surface area contributed by atoms with Crippen molar-refractivity contribution in [2.24, 2.45) is 0 Å². The predicted molar refractivity (Wildman–Crippen MR) is 151 cm³/mol. The number of nitrogens with zero attached hydrogens (tertiary/aromatic N) is 5. The van der Waals surface area contributed by atoms with E-state index in [1.54, 1.807) is 7.11 Å². The van der Waals surface area contributed by atoms with E-state index in [0.717, 1.165) is 57.8 Å². The van der Waals surface area contributed by atoms with Crippen LogP contribution in [0.3, 0.4) is 0 Å². The van der Waals surface area contributed by atoms with Crippen LogP contribution in [-0.4, -0.2) is 53.1 Å². The summed E-state index contributed by atoms with van der Waals surface area (Å²) >= 11 is 0. The van der Waals surface area contributed by atoms with Gasteiger partial charge in [-0.3, -0.25) is 9.78 Å². The number of ether oxygens (including phenoxy) is 1. The Morgan fingerprint density at radius 3 is 2.29 bits per heavy atom. The van der Waals surface area contributed by atoms with E-state index >= 15 is 0 Å². The van der Waals surface area contributed by atoms with Crippen molar-refractivity contribution < 1.29 is 9.53 Å². The zero-order valence-electron chi connectivity index (χ0n) is 22.2. The second-order valence-corrected chi connectivity index (χ2v) is 9.73. The second kappa shape index (κ2) is 10.5. The molecule has 0 spiro atoms. The number of piperazine rings is 1. The summed E-state index contributed by atoms with van der Waals surface area (Å²) < 4.78 is 5.90. The Kier molecular flexibility index (Phi) is 6.97. The molecule has 7 heteroatoms. The number of carbonyl (C=O) groups excluding carboxylic acids is 1. The van der Waals surface area contributed by atoms with Crippen molar-refractivity contribution in [2.75, 3.05) is 25.1 Å². The Morgan fingerprint density at radius 2 is 1.68 bits per heavy atom. The molecular weight excluding hydrogens is 474 g/mol. The second-order valence-electron chi connectivity index (χ2n) is 9.73. The van der Waals surface area contributed by atoms with E-state index in [1.165, 1.54) is 0 Å². The van der Waals surface area contributed by atoms with Crippen molar-refractivity contribution in [3.05, 3.63) is 78.4 Å². The van der Waals surface area contributed by atoms with Crippen LogP contribution in [0.25, 0.3) is 38.0 Å². The number of carbonyl (C=O) groups is 1. The number of anilines is 1. The predicted octanol–water partition coefficient (Wildman–Crippen LogP) is 6.36. The summed E-state index contributed by atoms with van der Waals surface area (Å²) in [6, 6.07) is 17.9. The molecule has 38 heavy (non-hydrogen) atoms. The Balaban J connectivity index is 1.45. The van der Waals surface area contributed by atoms with E-state index < -0.39 is 0 Å². The lowest BCUT2D eigenvalue weighted by molar-refractivity contribution is -0.135. The highest BCUT2D eigenvalue weighted by molar-refractivity contribution is 6.00. The molecule has 1 aliphatic rings. The van der Waals surface area contributed by atoms with E-state index in [2.05, 4.69) is 29.7 Å². The van der Waals surface area contributed by atoms with Crippen LogP contribution >= 0.6 is 0 Å². The molecule has 2 atom stereocenters. The van der Waals surface area contributed by atoms with Crippen LogP contribution < -0.4 is 9.64 Å². The molecule has 3 heterocycles. The number of benzene rings is 2. The third kappa shape index (κ3) is 4.54. The number of pyridine rings is 2. The molecule has 0 saturated carbocycles. The molecule has 192 valence electrons. The Morgan fingerprint density at radius 1 is 0.974 bits per heavy atom. The van der Waals surface area contributed by atoms with Crippen molar-refractivity contribution in [2.45, 2.75) is 39.3 Å². The largest absolute Gasteiger partial charge is 0.495 e. The fourth-order valence-corrected chi connectivity index (χ4v) is 5.49. The fraction of sp³-hybridized carbons (Fsp3) is 0.290. The maximum absolute atomic E-state index is 12.4. The highest BCUT2D eigenvalue weighted by Crippen LogP contribution is 2.39. The standard InChI is InChI=1S/C31H31N5O2/c1-6-29(37)36-20(2)18-35(19-21(36)3)28-15-12-23(16-33-28)27-17-34-30-25(8-7-9-26(30)31(27)38-5)22-10-13-24(32-4)14-11-22/h7-17,20-21H,6,18-19H2,1-3,5H3/t20-,21+. The third-order valence-electron chi connectivity index (χ3n) is 7.25. The molecule has 4 aromatic rings. The zero-order valence-corrected chi connectivity index (χ0v) is 22.2. The summed E-state index contributed by atoms with van der Waals surface area (Å²) in [5, 5.41) is 0.917. The van der Waals surface area contributed by atoms with Gasteiger partial charge in [0.1, 0.15) is 11.6 Å². The van der Waals surface area contributed by atoms with Gasteiger partial charge in [0.2, 0.25) is 5.91 Å². The van der Waals surface area contributed by atoms with Crippen LogP contribution in [0.1, 0.15) is 27.2 Å². The van der Waals surface area contributed by atoms with Crippen molar-refractivity contribution in [3.63, 3.8) is 0 Å². The molecule has 2 aromatic carbocycles. The lowest BCUT2D eigenvalue weighted by Gasteiger charge is -2.45. The first-order valence-corrected chi connectivity index (χ1v) is 12.9. The highest BCUT2D eigenvalue weighted by atomic mass is 16.5. The number of hydrogen-bond acceptors (Lipinski definition) is 5. The molecule has 1 saturated heterocycles. The van der Waals surface area contributed by atoms with Gasteiger partial charge in [0.05, 0.1) is 19.2 Å². The average molecular weight is 506 g/mol. The molecule has 0 unspecified atom stereocenters. The van der Waals surface area contributed by atoms with E-state index in [9.17, 15) is 4.79 Å². The zero-order chi connectivity index (χ0) is 26.8. The van der Waals surface area contributed by atoms with Gasteiger partial charge >= 0.3 is 0 Å². The molecule has 1 aliphatic heterocycles. The van der Waals surface area contributed by atoms with Crippen molar-refractivity contribution in [1.29, 1.82) is 0 Å². The summed E-state index contributed by atoms with van der Waals surface area (Å²) in [5.74, 6) is 1.85. The first-order valence-electron chi connectivity index (χ1n) is 12.9. The van der Waals surface area contributed by atoms with Crippen LogP contribution in [0.4, 0.5) is 11.5 Å². The van der Waals surface area contributed by atoms with Crippen LogP contribution in [0.15, 0.2) is 67.0 Å². The Hall–Kier alpha value is -4.44. The minimum Gasteiger partial charge on any atom is -0.495 e. The first kappa shape index (κ1) is 25.2. The van der Waals surface area contributed by atoms with Gasteiger partial charge in [0.25, 0.3) is 0 Å². The summed E-state index contributed by atoms with van der Waals surface area (Å²) in [6.07, 6.45) is 4.24. The fourth-order valence-electron chi connectivity index (χ4n) is 5.49. The van der Waals surface area contributed by atoms with E-state index in [0.29, 0.717) is 12.1 Å². The van der Waals surface area contributed by atoms with Gasteiger partial charge in [-0.2, -0.15) is 0 Å². The van der Waals surface area contributed by atoms with Gasteiger partial charge in [-0.05, 0) is 37.6 Å². The number of aromatic nitrogens is 2. The number of rotatable bonds is 5. The van der Waals surface area contributed by atoms with E-state index in [1.807, 2.05) is 72.7 Å². The number of hydrogen-bond donors (Lipinski definition) is 0. The van der Waals surface area contributed by atoms with Gasteiger partial charge in [-0.1, -0.05) is 43.3 Å². The Labute approximate surface area is 223 Å². The van der Waals surface area contributed by atoms with Crippen molar-refractivity contribution in [1.82, 2.24) is 14.9 Å². The first-order chi connectivity index (χ1) is 18.4. The lowest BCUT2D eigenvalue weighted by Crippen LogP contribution is -2.58.